The van der Waals surface area contributed by atoms with E-state index in [1.807, 2.05) is 31.2 Å². The number of aromatic nitrogens is 3. The lowest BCUT2D eigenvalue weighted by Gasteiger charge is -2.09. The van der Waals surface area contributed by atoms with Crippen LogP contribution in [0.4, 0.5) is 4.39 Å². The van der Waals surface area contributed by atoms with Crippen LogP contribution in [-0.4, -0.2) is 19.8 Å². The number of pyridine rings is 1. The van der Waals surface area contributed by atoms with Gasteiger partial charge in [-0.15, -0.1) is 0 Å². The number of halogens is 1. The van der Waals surface area contributed by atoms with Crippen molar-refractivity contribution in [3.63, 3.8) is 0 Å². The number of aryl methyl sites for hydroxylation is 2. The summed E-state index contributed by atoms with van der Waals surface area (Å²) in [5.74, 6) is -0.740. The zero-order chi connectivity index (χ0) is 18.4. The predicted octanol–water partition coefficient (Wildman–Crippen LogP) is 3.41. The van der Waals surface area contributed by atoms with Crippen LogP contribution >= 0.6 is 0 Å². The highest BCUT2D eigenvalue weighted by molar-refractivity contribution is 5.91. The Bertz CT molecular complexity index is 1190. The molecule has 0 saturated carbocycles. The molecule has 0 bridgehead atoms. The third-order valence-corrected chi connectivity index (χ3v) is 4.28. The Morgan fingerprint density at radius 1 is 1.15 bits per heavy atom. The van der Waals surface area contributed by atoms with E-state index in [4.69, 9.17) is 4.52 Å². The van der Waals surface area contributed by atoms with E-state index in [1.165, 1.54) is 23.7 Å². The Hall–Kier alpha value is -3.48. The molecule has 0 aliphatic heterocycles. The highest BCUT2D eigenvalue weighted by Gasteiger charge is 2.22. The van der Waals surface area contributed by atoms with Crippen molar-refractivity contribution in [3.8, 4) is 28.6 Å². The van der Waals surface area contributed by atoms with E-state index < -0.39 is 11.4 Å². The average Bonchev–Trinajstić information content (AvgIpc) is 3.10. The van der Waals surface area contributed by atoms with Gasteiger partial charge >= 0.3 is 0 Å². The minimum Gasteiger partial charge on any atom is -0.506 e. The standard InChI is InChI=1S/C19H14FN3O3/c1-10-3-5-11(6-4-10)17-21-18(26-22-17)15-16(24)13-9-12(20)7-8-14(13)23(2)19(15)25/h3-9,24H,1-2H3. The maximum Gasteiger partial charge on any atom is 0.267 e. The lowest BCUT2D eigenvalue weighted by Crippen LogP contribution is -2.19. The normalized spacial score (nSPS) is 11.2. The third kappa shape index (κ3) is 2.45. The van der Waals surface area contributed by atoms with E-state index >= 15 is 0 Å². The summed E-state index contributed by atoms with van der Waals surface area (Å²) in [5.41, 5.74) is 1.53. The fourth-order valence-corrected chi connectivity index (χ4v) is 2.84. The van der Waals surface area contributed by atoms with Gasteiger partial charge in [-0.1, -0.05) is 35.0 Å². The second-order valence-corrected chi connectivity index (χ2v) is 6.04. The molecule has 1 N–H and O–H groups in total. The summed E-state index contributed by atoms with van der Waals surface area (Å²) in [6, 6.07) is 11.3. The smallest absolute Gasteiger partial charge is 0.267 e. The van der Waals surface area contributed by atoms with Crippen molar-refractivity contribution < 1.29 is 14.0 Å². The van der Waals surface area contributed by atoms with Gasteiger partial charge in [0.2, 0.25) is 5.82 Å². The maximum absolute atomic E-state index is 13.6. The molecule has 0 amide bonds. The van der Waals surface area contributed by atoms with Crippen molar-refractivity contribution in [2.45, 2.75) is 6.92 Å². The van der Waals surface area contributed by atoms with Gasteiger partial charge < -0.3 is 14.2 Å². The SMILES string of the molecule is Cc1ccc(-c2noc(-c3c(O)c4cc(F)ccc4n(C)c3=O)n2)cc1. The van der Waals surface area contributed by atoms with Gasteiger partial charge in [0, 0.05) is 18.0 Å². The van der Waals surface area contributed by atoms with Crippen molar-refractivity contribution >= 4 is 10.9 Å². The van der Waals surface area contributed by atoms with E-state index in [0.29, 0.717) is 16.9 Å². The van der Waals surface area contributed by atoms with Crippen LogP contribution in [0.2, 0.25) is 0 Å². The Morgan fingerprint density at radius 2 is 1.88 bits per heavy atom. The van der Waals surface area contributed by atoms with Crippen molar-refractivity contribution in [2.75, 3.05) is 0 Å². The molecule has 7 heteroatoms. The van der Waals surface area contributed by atoms with Gasteiger partial charge in [-0.05, 0) is 25.1 Å². The van der Waals surface area contributed by atoms with Gasteiger partial charge in [-0.2, -0.15) is 4.98 Å². The molecule has 26 heavy (non-hydrogen) atoms. The minimum absolute atomic E-state index is 0.121. The van der Waals surface area contributed by atoms with Gasteiger partial charge in [-0.25, -0.2) is 4.39 Å². The van der Waals surface area contributed by atoms with E-state index in [1.54, 1.807) is 0 Å². The van der Waals surface area contributed by atoms with Crippen LogP contribution in [0.3, 0.4) is 0 Å². The van der Waals surface area contributed by atoms with Gasteiger partial charge in [0.25, 0.3) is 11.4 Å². The fourth-order valence-electron chi connectivity index (χ4n) is 2.84. The van der Waals surface area contributed by atoms with Crippen molar-refractivity contribution in [1.29, 1.82) is 0 Å². The molecule has 0 aliphatic carbocycles. The molecule has 0 spiro atoms. The molecule has 0 radical (unpaired) electrons. The lowest BCUT2D eigenvalue weighted by molar-refractivity contribution is 0.425. The van der Waals surface area contributed by atoms with Gasteiger partial charge in [0.15, 0.2) is 0 Å². The Labute approximate surface area is 147 Å². The number of hydrogen-bond acceptors (Lipinski definition) is 5. The first-order valence-corrected chi connectivity index (χ1v) is 7.88. The Morgan fingerprint density at radius 3 is 2.62 bits per heavy atom. The molecule has 2 aromatic carbocycles. The molecule has 0 saturated heterocycles. The van der Waals surface area contributed by atoms with Crippen molar-refractivity contribution in [2.24, 2.45) is 7.05 Å². The van der Waals surface area contributed by atoms with Crippen molar-refractivity contribution in [3.05, 3.63) is 64.2 Å². The summed E-state index contributed by atoms with van der Waals surface area (Å²) in [4.78, 5) is 16.9. The maximum atomic E-state index is 13.6. The summed E-state index contributed by atoms with van der Waals surface area (Å²) in [5, 5.41) is 14.6. The predicted molar refractivity (Wildman–Crippen MR) is 94.3 cm³/mol. The first kappa shape index (κ1) is 16.0. The van der Waals surface area contributed by atoms with Crippen molar-refractivity contribution in [1.82, 2.24) is 14.7 Å². The van der Waals surface area contributed by atoms with Gasteiger partial charge in [-0.3, -0.25) is 4.79 Å². The summed E-state index contributed by atoms with van der Waals surface area (Å²) < 4.78 is 20.1. The van der Waals surface area contributed by atoms with E-state index in [-0.39, 0.29) is 22.6 Å². The molecule has 2 aromatic heterocycles. The van der Waals surface area contributed by atoms with Crippen LogP contribution in [0, 0.1) is 12.7 Å². The second-order valence-electron chi connectivity index (χ2n) is 6.04. The molecule has 0 fully saturated rings. The lowest BCUT2D eigenvalue weighted by atomic mass is 10.1. The highest BCUT2D eigenvalue weighted by Crippen LogP contribution is 2.33. The van der Waals surface area contributed by atoms with E-state index in [9.17, 15) is 14.3 Å². The van der Waals surface area contributed by atoms with Crippen LogP contribution < -0.4 is 5.56 Å². The number of rotatable bonds is 2. The van der Waals surface area contributed by atoms with E-state index in [0.717, 1.165) is 11.6 Å². The first-order chi connectivity index (χ1) is 12.5. The Kier molecular flexibility index (Phi) is 3.57. The molecule has 0 aliphatic rings. The second kappa shape index (κ2) is 5.80. The summed E-state index contributed by atoms with van der Waals surface area (Å²) >= 11 is 0. The largest absolute Gasteiger partial charge is 0.506 e. The quantitative estimate of drug-likeness (QED) is 0.598. The summed E-state index contributed by atoms with van der Waals surface area (Å²) in [7, 11) is 1.53. The number of benzene rings is 2. The number of hydrogen-bond donors (Lipinski definition) is 1. The number of fused-ring (bicyclic) bond motifs is 1. The zero-order valence-corrected chi connectivity index (χ0v) is 14.0. The summed E-state index contributed by atoms with van der Waals surface area (Å²) in [6.45, 7) is 1.96. The molecule has 4 aromatic rings. The van der Waals surface area contributed by atoms with Gasteiger partial charge in [0.05, 0.1) is 5.52 Å². The van der Waals surface area contributed by atoms with Crippen LogP contribution in [0.25, 0.3) is 33.7 Å². The molecule has 0 atom stereocenters. The molecule has 4 rings (SSSR count). The Balaban J connectivity index is 1.92. The average molecular weight is 351 g/mol. The summed E-state index contributed by atoms with van der Waals surface area (Å²) in [6.07, 6.45) is 0. The number of nitrogens with zero attached hydrogens (tertiary/aromatic N) is 3. The molecule has 6 nitrogen and oxygen atoms in total. The zero-order valence-electron chi connectivity index (χ0n) is 14.0. The monoisotopic (exact) mass is 351 g/mol. The third-order valence-electron chi connectivity index (χ3n) is 4.28. The minimum atomic E-state index is -0.525. The molecular weight excluding hydrogens is 337 g/mol. The molecule has 130 valence electrons. The topological polar surface area (TPSA) is 81.2 Å². The fraction of sp³-hybridized carbons (Fsp3) is 0.105. The van der Waals surface area contributed by atoms with Crippen LogP contribution in [0.1, 0.15) is 5.56 Å². The van der Waals surface area contributed by atoms with Gasteiger partial charge in [0.1, 0.15) is 17.1 Å². The number of aromatic hydroxyl groups is 1. The van der Waals surface area contributed by atoms with Crippen LogP contribution in [-0.2, 0) is 7.05 Å². The van der Waals surface area contributed by atoms with E-state index in [2.05, 4.69) is 10.1 Å². The van der Waals surface area contributed by atoms with Crippen LogP contribution in [0.5, 0.6) is 5.75 Å². The van der Waals surface area contributed by atoms with Crippen LogP contribution in [0.15, 0.2) is 51.8 Å². The molecule has 2 heterocycles. The molecule has 0 unspecified atom stereocenters. The highest BCUT2D eigenvalue weighted by atomic mass is 19.1. The molecular formula is C19H14FN3O3. The first-order valence-electron chi connectivity index (χ1n) is 7.88.